The zero-order valence-electron chi connectivity index (χ0n) is 62.4. The molecule has 13 rings (SSSR count). The quantitative estimate of drug-likeness (QED) is 0.0412. The number of anilines is 10. The van der Waals surface area contributed by atoms with Crippen molar-refractivity contribution >= 4 is 157 Å². The highest BCUT2D eigenvalue weighted by molar-refractivity contribution is 9.11. The molecule has 22 nitrogen and oxygen atoms in total. The van der Waals surface area contributed by atoms with Crippen LogP contribution in [0.4, 0.5) is 57.7 Å². The molecule has 4 N–H and O–H groups in total. The number of thiazole rings is 2. The van der Waals surface area contributed by atoms with Crippen LogP contribution in [-0.2, 0) is 31.3 Å². The van der Waals surface area contributed by atoms with Crippen LogP contribution in [0.25, 0.3) is 10.4 Å². The average molecular weight is 1630 g/mol. The third-order valence-corrected chi connectivity index (χ3v) is 26.4. The lowest BCUT2D eigenvalue weighted by atomic mass is 9.79. The van der Waals surface area contributed by atoms with Gasteiger partial charge in [0, 0.05) is 131 Å². The smallest absolute Gasteiger partial charge is 0.494 e. The lowest BCUT2D eigenvalue weighted by Crippen LogP contribution is -2.52. The summed E-state index contributed by atoms with van der Waals surface area (Å²) >= 11 is 19.6. The molecule has 0 amide bonds. The minimum absolute atomic E-state index is 0. The zero-order valence-corrected chi connectivity index (χ0v) is 68.9. The SMILES string of the molecule is Brc1cncs1.C.C.CCc1cc(Nc2ncc(Cl)c(Nc3ccc(-c4cncs4)cc3P(C)(C)=O)n2)c(OC)cc1N1CCC(N2CCN(C)CC2)CC1.CCc1cc(Nc2ncc(Cl)c(Nc3ccc(B4OC(C)(C)C(C)(C)O4)cc3P(C)(C)=O)n2)c(OC)cc1N1CCC(N2CCN(C)CC2)CC1. The zero-order chi connectivity index (χ0) is 74.3. The summed E-state index contributed by atoms with van der Waals surface area (Å²) in [6, 6.07) is 21.4. The van der Waals surface area contributed by atoms with Gasteiger partial charge >= 0.3 is 7.12 Å². The predicted molar refractivity (Wildman–Crippen MR) is 452 cm³/mol. The predicted octanol–water partition coefficient (Wildman–Crippen LogP) is 15.9. The number of aromatic nitrogens is 6. The van der Waals surface area contributed by atoms with Crippen LogP contribution in [0.3, 0.4) is 0 Å². The van der Waals surface area contributed by atoms with Gasteiger partial charge in [0.05, 0.1) is 86.4 Å². The fraction of sp³-hybridized carbons (Fsp3) is 0.500. The second-order valence-corrected chi connectivity index (χ2v) is 39.3. The van der Waals surface area contributed by atoms with Gasteiger partial charge in [0.25, 0.3) is 0 Å². The number of methoxy groups -OCH3 is 2. The number of halogens is 3. The Morgan fingerprint density at radius 2 is 0.991 bits per heavy atom. The van der Waals surface area contributed by atoms with Gasteiger partial charge < -0.3 is 68.8 Å². The maximum absolute atomic E-state index is 13.6. The van der Waals surface area contributed by atoms with Gasteiger partial charge in [0.1, 0.15) is 35.8 Å². The lowest BCUT2D eigenvalue weighted by molar-refractivity contribution is 0.00578. The Hall–Kier alpha value is -5.96. The number of piperazine rings is 2. The first-order chi connectivity index (χ1) is 49.6. The Balaban J connectivity index is 0.000000223. The molecule has 30 heteroatoms. The number of nitrogens with zero attached hydrogens (tertiary/aromatic N) is 12. The minimum atomic E-state index is -2.76. The van der Waals surface area contributed by atoms with Crippen LogP contribution in [0.15, 0.2) is 100 Å². The standard InChI is InChI=1S/C37H54BClN7O4P.C34H44ClN8O2PS.C3H2BrNS.2CH4/c1-10-25-21-30(32(48-7)23-31(25)46-15-13-27(14-16-46)45-19-17-44(6)18-20-45)42-35-40-24-28(39)34(43-35)41-29-12-11-26(22-33(29)51(8,9)47)38-49-36(2,3)37(4,5)50-38;1-6-23-17-28(30(45-3)19-29(23)43-11-9-25(10-12-43)42-15-13-41(2)14-16-42)39-34-37-20-26(35)33(40-34)38-27-8-7-24(32-21-36-22-47-32)18-31(27)46(4,5)44;4-3-1-5-2-6-3;;/h11-12,21-24,27H,10,13-20H2,1-9H3,(H2,40,41,42,43);7-8,17-22,25H,6,9-16H2,1-5H3,(H2,37,38,39,40);1-2H;2*1H4. The van der Waals surface area contributed by atoms with Crippen molar-refractivity contribution in [1.82, 2.24) is 49.5 Å². The van der Waals surface area contributed by atoms with Crippen molar-refractivity contribution in [3.05, 3.63) is 121 Å². The van der Waals surface area contributed by atoms with Gasteiger partial charge in [-0.25, -0.2) is 9.97 Å². The molecule has 4 aromatic carbocycles. The Labute approximate surface area is 655 Å². The van der Waals surface area contributed by atoms with Gasteiger partial charge in [-0.15, -0.1) is 22.7 Å². The first-order valence-corrected chi connectivity index (χ1v) is 44.2. The normalized spacial score (nSPS) is 17.6. The molecule has 574 valence electrons. The maximum atomic E-state index is 13.6. The molecular formula is C76H108BBrCl2N16O6P2S2. The number of hydrogen-bond donors (Lipinski definition) is 4. The van der Waals surface area contributed by atoms with E-state index in [1.54, 1.807) is 93.2 Å². The van der Waals surface area contributed by atoms with E-state index in [1.807, 2.05) is 70.3 Å². The van der Waals surface area contributed by atoms with E-state index >= 15 is 0 Å². The number of nitrogens with one attached hydrogen (secondary N) is 4. The second-order valence-electron chi connectivity index (χ2n) is 28.9. The molecule has 0 aliphatic carbocycles. The molecule has 5 saturated heterocycles. The van der Waals surface area contributed by atoms with Crippen LogP contribution in [0.5, 0.6) is 11.5 Å². The number of rotatable bonds is 20. The number of likely N-dealkylation sites (N-methyl/N-ethyl adjacent to an activating group) is 2. The summed E-state index contributed by atoms with van der Waals surface area (Å²) in [6.07, 6.45) is 13.1. The van der Waals surface area contributed by atoms with Crippen molar-refractivity contribution < 1.29 is 27.9 Å². The molecule has 4 aromatic heterocycles. The van der Waals surface area contributed by atoms with E-state index in [-0.39, 0.29) is 14.9 Å². The molecule has 5 fully saturated rings. The fourth-order valence-electron chi connectivity index (χ4n) is 13.8. The van der Waals surface area contributed by atoms with Crippen LogP contribution in [0.1, 0.15) is 93.2 Å². The van der Waals surface area contributed by atoms with Crippen molar-refractivity contribution in [3.8, 4) is 21.9 Å². The highest BCUT2D eigenvalue weighted by Gasteiger charge is 2.52. The third kappa shape index (κ3) is 20.7. The fourth-order valence-corrected chi connectivity index (χ4v) is 17.7. The third-order valence-electron chi connectivity index (χ3n) is 20.6. The molecular weight excluding hydrogens is 1520 g/mol. The first kappa shape index (κ1) is 84.1. The largest absolute Gasteiger partial charge is 0.494 e. The summed E-state index contributed by atoms with van der Waals surface area (Å²) in [6.45, 7) is 32.8. The number of aryl methyl sites for hydroxylation is 2. The summed E-state index contributed by atoms with van der Waals surface area (Å²) < 4.78 is 52.4. The van der Waals surface area contributed by atoms with Crippen molar-refractivity contribution in [2.75, 3.05) is 165 Å². The molecule has 0 unspecified atom stereocenters. The molecule has 5 aliphatic heterocycles. The van der Waals surface area contributed by atoms with Crippen LogP contribution >= 0.6 is 76.1 Å². The highest BCUT2D eigenvalue weighted by atomic mass is 79.9. The van der Waals surface area contributed by atoms with Crippen LogP contribution in [-0.4, -0.2) is 213 Å². The first-order valence-electron chi connectivity index (χ1n) is 35.7. The van der Waals surface area contributed by atoms with Gasteiger partial charge in [0.2, 0.25) is 11.9 Å². The van der Waals surface area contributed by atoms with Gasteiger partial charge in [-0.3, -0.25) is 19.8 Å². The Kier molecular flexibility index (Phi) is 29.1. The van der Waals surface area contributed by atoms with Crippen LogP contribution < -0.4 is 56.6 Å². The lowest BCUT2D eigenvalue weighted by Gasteiger charge is -2.43. The summed E-state index contributed by atoms with van der Waals surface area (Å²) in [5.41, 5.74) is 12.2. The summed E-state index contributed by atoms with van der Waals surface area (Å²) in [7, 11) is 1.82. The molecule has 8 aromatic rings. The van der Waals surface area contributed by atoms with Gasteiger partial charge in [-0.2, -0.15) is 9.97 Å². The Bertz CT molecular complexity index is 4310. The maximum Gasteiger partial charge on any atom is 0.494 e. The van der Waals surface area contributed by atoms with E-state index in [4.69, 9.17) is 52.0 Å². The van der Waals surface area contributed by atoms with Crippen LogP contribution in [0.2, 0.25) is 10.0 Å². The topological polar surface area (TPSA) is 216 Å². The van der Waals surface area contributed by atoms with Crippen molar-refractivity contribution in [2.24, 2.45) is 0 Å². The van der Waals surface area contributed by atoms with Crippen molar-refractivity contribution in [3.63, 3.8) is 0 Å². The van der Waals surface area contributed by atoms with E-state index in [0.29, 0.717) is 67.6 Å². The molecule has 106 heavy (non-hydrogen) atoms. The molecule has 0 saturated carbocycles. The number of benzene rings is 4. The summed E-state index contributed by atoms with van der Waals surface area (Å²) in [5.74, 6) is 2.98. The number of ether oxygens (including phenoxy) is 2. The Morgan fingerprint density at radius 1 is 0.566 bits per heavy atom. The molecule has 0 radical (unpaired) electrons. The average Bonchev–Trinajstić information content (AvgIpc) is 1.58. The van der Waals surface area contributed by atoms with Crippen molar-refractivity contribution in [2.45, 2.75) is 118 Å². The van der Waals surface area contributed by atoms with E-state index in [1.165, 1.54) is 48.4 Å². The molecule has 0 spiro atoms. The second kappa shape index (κ2) is 36.7. The molecule has 0 bridgehead atoms. The number of hydrogen-bond acceptors (Lipinski definition) is 24. The Morgan fingerprint density at radius 3 is 1.37 bits per heavy atom. The molecule has 5 aliphatic rings. The molecule has 0 atom stereocenters. The summed E-state index contributed by atoms with van der Waals surface area (Å²) in [4.78, 5) is 42.6. The van der Waals surface area contributed by atoms with Gasteiger partial charge in [-0.1, -0.05) is 64.0 Å². The van der Waals surface area contributed by atoms with Gasteiger partial charge in [0.15, 0.2) is 11.6 Å². The minimum Gasteiger partial charge on any atom is -0.494 e. The number of piperidine rings is 2. The van der Waals surface area contributed by atoms with Crippen molar-refractivity contribution in [1.29, 1.82) is 0 Å². The van der Waals surface area contributed by atoms with Crippen LogP contribution in [0, 0.1) is 0 Å². The van der Waals surface area contributed by atoms with E-state index in [9.17, 15) is 9.13 Å². The van der Waals surface area contributed by atoms with E-state index in [0.717, 1.165) is 134 Å². The monoisotopic (exact) mass is 1630 g/mol. The molecule has 9 heterocycles. The van der Waals surface area contributed by atoms with E-state index < -0.39 is 32.6 Å². The van der Waals surface area contributed by atoms with Gasteiger partial charge in [-0.05, 0) is 181 Å². The highest BCUT2D eigenvalue weighted by Crippen LogP contribution is 2.45. The summed E-state index contributed by atoms with van der Waals surface area (Å²) in [5, 5.41) is 15.5. The van der Waals surface area contributed by atoms with E-state index in [2.05, 4.69) is 139 Å².